The first kappa shape index (κ1) is 13.9. The molecule has 1 N–H and O–H groups in total. The molecule has 0 saturated heterocycles. The molecule has 0 spiro atoms. The van der Waals surface area contributed by atoms with E-state index in [2.05, 4.69) is 52.4 Å². The van der Waals surface area contributed by atoms with E-state index in [4.69, 9.17) is 4.74 Å². The van der Waals surface area contributed by atoms with Gasteiger partial charge in [-0.15, -0.1) is 0 Å². The van der Waals surface area contributed by atoms with Crippen LogP contribution in [0.4, 0.5) is 5.69 Å². The predicted molar refractivity (Wildman–Crippen MR) is 83.8 cm³/mol. The van der Waals surface area contributed by atoms with Crippen LogP contribution in [0, 0.1) is 0 Å². The SMILES string of the molecule is CCOc1cccc(NC(C)c2ccccc2Br)c1. The molecule has 0 aliphatic rings. The first-order valence-electron chi connectivity index (χ1n) is 6.44. The highest BCUT2D eigenvalue weighted by molar-refractivity contribution is 9.10. The number of hydrogen-bond acceptors (Lipinski definition) is 2. The number of benzene rings is 2. The number of halogens is 1. The molecule has 3 heteroatoms. The second-order valence-corrected chi connectivity index (χ2v) is 5.20. The molecule has 0 bridgehead atoms. The van der Waals surface area contributed by atoms with Crippen molar-refractivity contribution >= 4 is 21.6 Å². The van der Waals surface area contributed by atoms with Crippen molar-refractivity contribution in [3.8, 4) is 5.75 Å². The Morgan fingerprint density at radius 1 is 1.16 bits per heavy atom. The summed E-state index contributed by atoms with van der Waals surface area (Å²) in [6, 6.07) is 16.5. The van der Waals surface area contributed by atoms with E-state index in [9.17, 15) is 0 Å². The molecule has 1 unspecified atom stereocenters. The number of nitrogens with one attached hydrogen (secondary N) is 1. The molecule has 2 aromatic rings. The number of anilines is 1. The maximum absolute atomic E-state index is 5.51. The van der Waals surface area contributed by atoms with E-state index in [0.717, 1.165) is 15.9 Å². The molecule has 0 radical (unpaired) electrons. The molecular weight excluding hydrogens is 302 g/mol. The van der Waals surface area contributed by atoms with Gasteiger partial charge in [-0.1, -0.05) is 40.2 Å². The van der Waals surface area contributed by atoms with E-state index in [1.807, 2.05) is 31.2 Å². The lowest BCUT2D eigenvalue weighted by molar-refractivity contribution is 0.340. The Kier molecular flexibility index (Phi) is 4.86. The lowest BCUT2D eigenvalue weighted by Crippen LogP contribution is -2.07. The third-order valence-electron chi connectivity index (χ3n) is 2.90. The standard InChI is InChI=1S/C16H18BrNO/c1-3-19-14-8-6-7-13(11-14)18-12(2)15-9-4-5-10-16(15)17/h4-12,18H,3H2,1-2H3. The first-order valence-corrected chi connectivity index (χ1v) is 7.24. The molecule has 0 heterocycles. The van der Waals surface area contributed by atoms with Crippen molar-refractivity contribution in [2.75, 3.05) is 11.9 Å². The van der Waals surface area contributed by atoms with Gasteiger partial charge in [0, 0.05) is 22.3 Å². The highest BCUT2D eigenvalue weighted by Crippen LogP contribution is 2.27. The van der Waals surface area contributed by atoms with Crippen LogP contribution in [0.15, 0.2) is 53.0 Å². The molecule has 0 aliphatic carbocycles. The summed E-state index contributed by atoms with van der Waals surface area (Å²) in [6.45, 7) is 4.82. The summed E-state index contributed by atoms with van der Waals surface area (Å²) in [5, 5.41) is 3.49. The van der Waals surface area contributed by atoms with E-state index >= 15 is 0 Å². The Morgan fingerprint density at radius 3 is 2.68 bits per heavy atom. The van der Waals surface area contributed by atoms with Crippen LogP contribution in [0.1, 0.15) is 25.5 Å². The molecule has 0 aliphatic heterocycles. The summed E-state index contributed by atoms with van der Waals surface area (Å²) in [6.07, 6.45) is 0. The van der Waals surface area contributed by atoms with Gasteiger partial charge in [0.25, 0.3) is 0 Å². The summed E-state index contributed by atoms with van der Waals surface area (Å²) >= 11 is 3.58. The summed E-state index contributed by atoms with van der Waals surface area (Å²) in [7, 11) is 0. The van der Waals surface area contributed by atoms with Crippen molar-refractivity contribution in [2.24, 2.45) is 0 Å². The Labute approximate surface area is 122 Å². The van der Waals surface area contributed by atoms with Gasteiger partial charge >= 0.3 is 0 Å². The smallest absolute Gasteiger partial charge is 0.121 e. The zero-order valence-corrected chi connectivity index (χ0v) is 12.8. The van der Waals surface area contributed by atoms with Crippen LogP contribution in [-0.2, 0) is 0 Å². The minimum atomic E-state index is 0.229. The molecule has 0 saturated carbocycles. The molecule has 100 valence electrons. The second kappa shape index (κ2) is 6.62. The van der Waals surface area contributed by atoms with Crippen LogP contribution < -0.4 is 10.1 Å². The molecule has 2 rings (SSSR count). The second-order valence-electron chi connectivity index (χ2n) is 4.35. The first-order chi connectivity index (χ1) is 9.20. The van der Waals surface area contributed by atoms with Gasteiger partial charge in [-0.2, -0.15) is 0 Å². The van der Waals surface area contributed by atoms with Gasteiger partial charge in [-0.05, 0) is 37.6 Å². The zero-order valence-electron chi connectivity index (χ0n) is 11.2. The van der Waals surface area contributed by atoms with E-state index in [-0.39, 0.29) is 6.04 Å². The van der Waals surface area contributed by atoms with E-state index in [0.29, 0.717) is 6.61 Å². The van der Waals surface area contributed by atoms with Crippen LogP contribution in [0.25, 0.3) is 0 Å². The van der Waals surface area contributed by atoms with Gasteiger partial charge in [-0.25, -0.2) is 0 Å². The molecule has 0 aromatic heterocycles. The summed E-state index contributed by atoms with van der Waals surface area (Å²) in [5.41, 5.74) is 2.30. The maximum atomic E-state index is 5.51. The van der Waals surface area contributed by atoms with Gasteiger partial charge in [0.2, 0.25) is 0 Å². The topological polar surface area (TPSA) is 21.3 Å². The maximum Gasteiger partial charge on any atom is 0.121 e. The van der Waals surface area contributed by atoms with E-state index in [1.165, 1.54) is 5.56 Å². The summed E-state index contributed by atoms with van der Waals surface area (Å²) in [5.74, 6) is 0.895. The van der Waals surface area contributed by atoms with Gasteiger partial charge in [-0.3, -0.25) is 0 Å². The van der Waals surface area contributed by atoms with Crippen molar-refractivity contribution in [1.82, 2.24) is 0 Å². The number of rotatable bonds is 5. The lowest BCUT2D eigenvalue weighted by atomic mass is 10.1. The molecule has 0 amide bonds. The van der Waals surface area contributed by atoms with Crippen LogP contribution in [0.2, 0.25) is 0 Å². The van der Waals surface area contributed by atoms with Crippen LogP contribution >= 0.6 is 15.9 Å². The van der Waals surface area contributed by atoms with E-state index < -0.39 is 0 Å². The highest BCUT2D eigenvalue weighted by atomic mass is 79.9. The van der Waals surface area contributed by atoms with Gasteiger partial charge in [0.15, 0.2) is 0 Å². The molecule has 1 atom stereocenters. The van der Waals surface area contributed by atoms with Crippen LogP contribution in [-0.4, -0.2) is 6.61 Å². The van der Waals surface area contributed by atoms with Crippen molar-refractivity contribution in [3.05, 3.63) is 58.6 Å². The molecule has 2 aromatic carbocycles. The average molecular weight is 320 g/mol. The fraction of sp³-hybridized carbons (Fsp3) is 0.250. The number of ether oxygens (including phenoxy) is 1. The van der Waals surface area contributed by atoms with Gasteiger partial charge < -0.3 is 10.1 Å². The summed E-state index contributed by atoms with van der Waals surface area (Å²) < 4.78 is 6.63. The largest absolute Gasteiger partial charge is 0.494 e. The zero-order chi connectivity index (χ0) is 13.7. The third-order valence-corrected chi connectivity index (χ3v) is 3.62. The van der Waals surface area contributed by atoms with Crippen LogP contribution in [0.3, 0.4) is 0 Å². The molecule has 2 nitrogen and oxygen atoms in total. The quantitative estimate of drug-likeness (QED) is 0.835. The fourth-order valence-corrected chi connectivity index (χ4v) is 2.62. The number of hydrogen-bond donors (Lipinski definition) is 1. The Bertz CT molecular complexity index is 542. The summed E-state index contributed by atoms with van der Waals surface area (Å²) in [4.78, 5) is 0. The predicted octanol–water partition coefficient (Wildman–Crippen LogP) is 5.02. The van der Waals surface area contributed by atoms with E-state index in [1.54, 1.807) is 0 Å². The molecular formula is C16H18BrNO. The molecule has 0 fully saturated rings. The fourth-order valence-electron chi connectivity index (χ4n) is 2.00. The van der Waals surface area contributed by atoms with Crippen molar-refractivity contribution in [3.63, 3.8) is 0 Å². The monoisotopic (exact) mass is 319 g/mol. The van der Waals surface area contributed by atoms with Crippen LogP contribution in [0.5, 0.6) is 5.75 Å². The average Bonchev–Trinajstić information content (AvgIpc) is 2.40. The highest BCUT2D eigenvalue weighted by Gasteiger charge is 2.08. The van der Waals surface area contributed by atoms with Gasteiger partial charge in [0.05, 0.1) is 6.61 Å². The minimum Gasteiger partial charge on any atom is -0.494 e. The Hall–Kier alpha value is -1.48. The molecule has 19 heavy (non-hydrogen) atoms. The Morgan fingerprint density at radius 2 is 1.95 bits per heavy atom. The van der Waals surface area contributed by atoms with Crippen molar-refractivity contribution < 1.29 is 4.74 Å². The normalized spacial score (nSPS) is 11.9. The van der Waals surface area contributed by atoms with Gasteiger partial charge in [0.1, 0.15) is 5.75 Å². The van der Waals surface area contributed by atoms with Crippen molar-refractivity contribution in [1.29, 1.82) is 0 Å². The van der Waals surface area contributed by atoms with Crippen molar-refractivity contribution in [2.45, 2.75) is 19.9 Å². The Balaban J connectivity index is 2.12. The lowest BCUT2D eigenvalue weighted by Gasteiger charge is -2.17. The third kappa shape index (κ3) is 3.74. The minimum absolute atomic E-state index is 0.229.